The molecule has 7 nitrogen and oxygen atoms in total. The van der Waals surface area contributed by atoms with E-state index in [4.69, 9.17) is 14.2 Å². The number of nitrogens with zero attached hydrogens (tertiary/aromatic N) is 1. The van der Waals surface area contributed by atoms with Crippen molar-refractivity contribution >= 4 is 17.5 Å². The normalized spacial score (nSPS) is 10.6. The summed E-state index contributed by atoms with van der Waals surface area (Å²) in [6.07, 6.45) is 2.92. The van der Waals surface area contributed by atoms with Crippen molar-refractivity contribution < 1.29 is 23.9 Å². The van der Waals surface area contributed by atoms with E-state index in [-0.39, 0.29) is 17.0 Å². The van der Waals surface area contributed by atoms with Gasteiger partial charge in [-0.1, -0.05) is 18.2 Å². The minimum atomic E-state index is -0.505. The molecule has 0 saturated carbocycles. The molecule has 0 spiro atoms. The second-order valence-electron chi connectivity index (χ2n) is 5.41. The van der Waals surface area contributed by atoms with Crippen molar-refractivity contribution in [3.8, 4) is 17.2 Å². The largest absolute Gasteiger partial charge is 0.493 e. The Bertz CT molecular complexity index is 847. The van der Waals surface area contributed by atoms with Gasteiger partial charge in [0.15, 0.2) is 17.3 Å². The van der Waals surface area contributed by atoms with Crippen LogP contribution in [0.25, 0.3) is 6.08 Å². The lowest BCUT2D eigenvalue weighted by atomic mass is 10.1. The van der Waals surface area contributed by atoms with E-state index in [0.29, 0.717) is 28.4 Å². The molecule has 0 unspecified atom stereocenters. The van der Waals surface area contributed by atoms with Gasteiger partial charge in [0, 0.05) is 17.2 Å². The van der Waals surface area contributed by atoms with Crippen molar-refractivity contribution in [3.63, 3.8) is 0 Å². The number of carbonyl (C=O) groups excluding carboxylic acids is 1. The van der Waals surface area contributed by atoms with Crippen LogP contribution in [0.3, 0.4) is 0 Å². The summed E-state index contributed by atoms with van der Waals surface area (Å²) in [7, 11) is 4.51. The molecule has 2 aromatic rings. The van der Waals surface area contributed by atoms with Gasteiger partial charge in [-0.2, -0.15) is 0 Å². The highest BCUT2D eigenvalue weighted by molar-refractivity contribution is 6.07. The summed E-state index contributed by atoms with van der Waals surface area (Å²) in [5, 5.41) is 11.0. The van der Waals surface area contributed by atoms with Crippen LogP contribution in [-0.4, -0.2) is 32.0 Å². The van der Waals surface area contributed by atoms with Gasteiger partial charge in [-0.3, -0.25) is 14.9 Å². The molecule has 0 atom stereocenters. The first-order valence-electron chi connectivity index (χ1n) is 7.68. The number of ketones is 1. The van der Waals surface area contributed by atoms with Crippen molar-refractivity contribution in [1.29, 1.82) is 0 Å². The Morgan fingerprint density at radius 3 is 2.15 bits per heavy atom. The zero-order valence-electron chi connectivity index (χ0n) is 14.9. The summed E-state index contributed by atoms with van der Waals surface area (Å²) >= 11 is 0. The summed E-state index contributed by atoms with van der Waals surface area (Å²) in [6.45, 7) is 1.62. The molecule has 0 aliphatic rings. The van der Waals surface area contributed by atoms with Crippen molar-refractivity contribution in [3.05, 3.63) is 63.2 Å². The predicted molar refractivity (Wildman–Crippen MR) is 97.3 cm³/mol. The fourth-order valence-corrected chi connectivity index (χ4v) is 2.43. The molecule has 0 N–H and O–H groups in total. The molecule has 7 heteroatoms. The van der Waals surface area contributed by atoms with E-state index in [1.807, 2.05) is 0 Å². The number of nitro benzene ring substituents is 1. The van der Waals surface area contributed by atoms with Crippen LogP contribution in [0.2, 0.25) is 0 Å². The summed E-state index contributed by atoms with van der Waals surface area (Å²) < 4.78 is 15.8. The smallest absolute Gasteiger partial charge is 0.273 e. The standard InChI is InChI=1S/C19H19NO6/c1-12-5-7-14(11-15(12)20(22)23)16(21)8-6-13-9-17(24-2)19(26-4)18(10-13)25-3/h5-11H,1-4H3/b8-6+. The van der Waals surface area contributed by atoms with Gasteiger partial charge in [0.1, 0.15) is 0 Å². The van der Waals surface area contributed by atoms with Gasteiger partial charge < -0.3 is 14.2 Å². The molecule has 136 valence electrons. The summed E-state index contributed by atoms with van der Waals surface area (Å²) in [4.78, 5) is 22.8. The lowest BCUT2D eigenvalue weighted by Gasteiger charge is -2.12. The Hall–Kier alpha value is -3.35. The predicted octanol–water partition coefficient (Wildman–Crippen LogP) is 3.83. The van der Waals surface area contributed by atoms with E-state index >= 15 is 0 Å². The molecule has 0 aliphatic heterocycles. The lowest BCUT2D eigenvalue weighted by Crippen LogP contribution is -1.99. The molecule has 0 fully saturated rings. The highest BCUT2D eigenvalue weighted by atomic mass is 16.6. The Kier molecular flexibility index (Phi) is 5.95. The Morgan fingerprint density at radius 1 is 1.04 bits per heavy atom. The molecule has 0 aliphatic carbocycles. The lowest BCUT2D eigenvalue weighted by molar-refractivity contribution is -0.385. The monoisotopic (exact) mass is 357 g/mol. The summed E-state index contributed by atoms with van der Waals surface area (Å²) in [6, 6.07) is 7.78. The highest BCUT2D eigenvalue weighted by Gasteiger charge is 2.14. The van der Waals surface area contributed by atoms with Gasteiger partial charge >= 0.3 is 0 Å². The number of rotatable bonds is 7. The van der Waals surface area contributed by atoms with Crippen LogP contribution in [0.4, 0.5) is 5.69 Å². The number of aryl methyl sites for hydroxylation is 1. The van der Waals surface area contributed by atoms with Crippen molar-refractivity contribution in [1.82, 2.24) is 0 Å². The molecular formula is C19H19NO6. The number of benzene rings is 2. The molecule has 0 saturated heterocycles. The van der Waals surface area contributed by atoms with Crippen LogP contribution in [0.1, 0.15) is 21.5 Å². The van der Waals surface area contributed by atoms with Crippen LogP contribution >= 0.6 is 0 Å². The van der Waals surface area contributed by atoms with Gasteiger partial charge in [0.05, 0.1) is 26.3 Å². The van der Waals surface area contributed by atoms with Crippen LogP contribution in [0, 0.1) is 17.0 Å². The van der Waals surface area contributed by atoms with Gasteiger partial charge in [-0.25, -0.2) is 0 Å². The third kappa shape index (κ3) is 4.00. The molecule has 0 heterocycles. The third-order valence-electron chi connectivity index (χ3n) is 3.80. The van der Waals surface area contributed by atoms with Crippen LogP contribution < -0.4 is 14.2 Å². The Morgan fingerprint density at radius 2 is 1.65 bits per heavy atom. The molecular weight excluding hydrogens is 338 g/mol. The van der Waals surface area contributed by atoms with Gasteiger partial charge in [0.2, 0.25) is 5.75 Å². The molecule has 0 radical (unpaired) electrons. The first-order valence-corrected chi connectivity index (χ1v) is 7.68. The number of hydrogen-bond acceptors (Lipinski definition) is 6. The SMILES string of the molecule is COc1cc(/C=C/C(=O)c2ccc(C)c([N+](=O)[O-])c2)cc(OC)c1OC. The number of hydrogen-bond donors (Lipinski definition) is 0. The van der Waals surface area contributed by atoms with E-state index in [2.05, 4.69) is 0 Å². The van der Waals surface area contributed by atoms with Crippen molar-refractivity contribution in [2.24, 2.45) is 0 Å². The maximum atomic E-state index is 12.3. The van der Waals surface area contributed by atoms with E-state index in [1.165, 1.54) is 33.5 Å². The topological polar surface area (TPSA) is 87.9 Å². The molecule has 0 amide bonds. The van der Waals surface area contributed by atoms with Crippen molar-refractivity contribution in [2.45, 2.75) is 6.92 Å². The second kappa shape index (κ2) is 8.15. The highest BCUT2D eigenvalue weighted by Crippen LogP contribution is 2.38. The Balaban J connectivity index is 2.33. The van der Waals surface area contributed by atoms with Gasteiger partial charge in [-0.15, -0.1) is 0 Å². The fourth-order valence-electron chi connectivity index (χ4n) is 2.43. The summed E-state index contributed by atoms with van der Waals surface area (Å²) in [5.74, 6) is 1.03. The zero-order valence-corrected chi connectivity index (χ0v) is 14.9. The molecule has 2 rings (SSSR count). The zero-order chi connectivity index (χ0) is 19.3. The number of methoxy groups -OCH3 is 3. The fraction of sp³-hybridized carbons (Fsp3) is 0.211. The number of ether oxygens (including phenoxy) is 3. The first-order chi connectivity index (χ1) is 12.4. The molecule has 2 aromatic carbocycles. The molecule has 26 heavy (non-hydrogen) atoms. The average Bonchev–Trinajstić information content (AvgIpc) is 2.65. The number of nitro groups is 1. The van der Waals surface area contributed by atoms with Crippen LogP contribution in [0.15, 0.2) is 36.4 Å². The maximum Gasteiger partial charge on any atom is 0.273 e. The van der Waals surface area contributed by atoms with Gasteiger partial charge in [0.25, 0.3) is 5.69 Å². The van der Waals surface area contributed by atoms with Crippen LogP contribution in [-0.2, 0) is 0 Å². The third-order valence-corrected chi connectivity index (χ3v) is 3.80. The van der Waals surface area contributed by atoms with Crippen LogP contribution in [0.5, 0.6) is 17.2 Å². The molecule has 0 bridgehead atoms. The van der Waals surface area contributed by atoms with Gasteiger partial charge in [-0.05, 0) is 30.7 Å². The van der Waals surface area contributed by atoms with Crippen molar-refractivity contribution in [2.75, 3.05) is 21.3 Å². The van der Waals surface area contributed by atoms with E-state index < -0.39 is 4.92 Å². The number of carbonyl (C=O) groups is 1. The second-order valence-corrected chi connectivity index (χ2v) is 5.41. The Labute approximate surface area is 151 Å². The van der Waals surface area contributed by atoms with E-state index in [1.54, 1.807) is 37.3 Å². The van der Waals surface area contributed by atoms with E-state index in [9.17, 15) is 14.9 Å². The van der Waals surface area contributed by atoms with E-state index in [0.717, 1.165) is 0 Å². The summed E-state index contributed by atoms with van der Waals surface area (Å²) in [5.41, 5.74) is 1.32. The maximum absolute atomic E-state index is 12.3. The average molecular weight is 357 g/mol. The quantitative estimate of drug-likeness (QED) is 0.324. The minimum Gasteiger partial charge on any atom is -0.493 e. The number of allylic oxidation sites excluding steroid dienone is 1. The molecule has 0 aromatic heterocycles. The first kappa shape index (κ1) is 19.0. The minimum absolute atomic E-state index is 0.0861.